The van der Waals surface area contributed by atoms with Crippen molar-refractivity contribution in [2.75, 3.05) is 13.1 Å². The van der Waals surface area contributed by atoms with Crippen LogP contribution in [0, 0.1) is 5.92 Å². The van der Waals surface area contributed by atoms with Crippen LogP contribution in [0.5, 0.6) is 0 Å². The van der Waals surface area contributed by atoms with E-state index in [0.717, 1.165) is 32.0 Å². The van der Waals surface area contributed by atoms with Gasteiger partial charge < -0.3 is 5.11 Å². The van der Waals surface area contributed by atoms with Crippen molar-refractivity contribution in [3.8, 4) is 0 Å². The van der Waals surface area contributed by atoms with Crippen LogP contribution >= 0.6 is 0 Å². The molecule has 100 valence electrons. The Morgan fingerprint density at radius 2 is 1.71 bits per heavy atom. The van der Waals surface area contributed by atoms with Crippen LogP contribution in [0.1, 0.15) is 65.2 Å². The van der Waals surface area contributed by atoms with Gasteiger partial charge in [-0.05, 0) is 31.6 Å². The van der Waals surface area contributed by atoms with Crippen molar-refractivity contribution in [2.45, 2.75) is 76.9 Å². The minimum atomic E-state index is -0.364. The maximum atomic E-state index is 10.6. The monoisotopic (exact) mass is 239 g/mol. The molecule has 0 atom stereocenters. The average Bonchev–Trinajstić information content (AvgIpc) is 2.87. The first kappa shape index (κ1) is 13.4. The lowest BCUT2D eigenvalue weighted by Crippen LogP contribution is -2.46. The molecule has 17 heavy (non-hydrogen) atoms. The molecule has 2 nitrogen and oxygen atoms in total. The van der Waals surface area contributed by atoms with Gasteiger partial charge in [0.1, 0.15) is 0 Å². The molecule has 0 aromatic rings. The van der Waals surface area contributed by atoms with Gasteiger partial charge in [0.25, 0.3) is 0 Å². The lowest BCUT2D eigenvalue weighted by Gasteiger charge is -2.36. The summed E-state index contributed by atoms with van der Waals surface area (Å²) in [5, 5.41) is 10.6. The molecule has 2 aliphatic carbocycles. The van der Waals surface area contributed by atoms with E-state index in [0.29, 0.717) is 5.92 Å². The van der Waals surface area contributed by atoms with E-state index in [9.17, 15) is 5.11 Å². The van der Waals surface area contributed by atoms with Crippen LogP contribution in [0.3, 0.4) is 0 Å². The van der Waals surface area contributed by atoms with Crippen LogP contribution in [0.4, 0.5) is 0 Å². The molecule has 0 radical (unpaired) electrons. The van der Waals surface area contributed by atoms with Gasteiger partial charge in [0.05, 0.1) is 5.60 Å². The van der Waals surface area contributed by atoms with Crippen LogP contribution in [0.2, 0.25) is 0 Å². The first-order valence-corrected chi connectivity index (χ1v) is 7.55. The zero-order valence-electron chi connectivity index (χ0n) is 11.6. The van der Waals surface area contributed by atoms with Gasteiger partial charge in [-0.25, -0.2) is 0 Å². The van der Waals surface area contributed by atoms with Crippen molar-refractivity contribution in [1.82, 2.24) is 4.90 Å². The van der Waals surface area contributed by atoms with Crippen molar-refractivity contribution in [3.63, 3.8) is 0 Å². The highest BCUT2D eigenvalue weighted by Gasteiger charge is 2.35. The molecule has 2 rings (SSSR count). The van der Waals surface area contributed by atoms with Gasteiger partial charge in [0, 0.05) is 19.1 Å². The standard InChI is InChI=1S/C15H29NO/c1-13(2)11-16(14-7-3-4-8-14)12-15(17)9-5-6-10-15/h13-14,17H,3-12H2,1-2H3. The van der Waals surface area contributed by atoms with E-state index in [1.807, 2.05) is 0 Å². The van der Waals surface area contributed by atoms with Crippen molar-refractivity contribution in [3.05, 3.63) is 0 Å². The molecule has 2 saturated carbocycles. The third kappa shape index (κ3) is 3.69. The molecule has 0 spiro atoms. The smallest absolute Gasteiger partial charge is 0.0774 e. The molecule has 0 amide bonds. The van der Waals surface area contributed by atoms with E-state index in [4.69, 9.17) is 0 Å². The Labute approximate surface area is 106 Å². The SMILES string of the molecule is CC(C)CN(CC1(O)CCCC1)C1CCCC1. The summed E-state index contributed by atoms with van der Waals surface area (Å²) in [7, 11) is 0. The number of nitrogens with zero attached hydrogens (tertiary/aromatic N) is 1. The quantitative estimate of drug-likeness (QED) is 0.796. The molecule has 2 aliphatic rings. The highest BCUT2D eigenvalue weighted by atomic mass is 16.3. The van der Waals surface area contributed by atoms with Crippen LogP contribution in [0.15, 0.2) is 0 Å². The summed E-state index contributed by atoms with van der Waals surface area (Å²) in [6.07, 6.45) is 9.96. The summed E-state index contributed by atoms with van der Waals surface area (Å²) < 4.78 is 0. The van der Waals surface area contributed by atoms with E-state index < -0.39 is 0 Å². The number of rotatable bonds is 5. The van der Waals surface area contributed by atoms with E-state index in [1.54, 1.807) is 0 Å². The minimum Gasteiger partial charge on any atom is -0.389 e. The highest BCUT2D eigenvalue weighted by molar-refractivity contribution is 4.90. The van der Waals surface area contributed by atoms with Crippen molar-refractivity contribution in [2.24, 2.45) is 5.92 Å². The summed E-state index contributed by atoms with van der Waals surface area (Å²) in [5.41, 5.74) is -0.364. The second kappa shape index (κ2) is 5.71. The Morgan fingerprint density at radius 1 is 1.12 bits per heavy atom. The zero-order chi connectivity index (χ0) is 12.3. The van der Waals surface area contributed by atoms with Gasteiger partial charge in [0.15, 0.2) is 0 Å². The van der Waals surface area contributed by atoms with Gasteiger partial charge in [-0.2, -0.15) is 0 Å². The molecular formula is C15H29NO. The molecule has 0 aromatic carbocycles. The zero-order valence-corrected chi connectivity index (χ0v) is 11.6. The molecule has 0 unspecified atom stereocenters. The Morgan fingerprint density at radius 3 is 2.24 bits per heavy atom. The van der Waals surface area contributed by atoms with Crippen LogP contribution in [-0.4, -0.2) is 34.7 Å². The Hall–Kier alpha value is -0.0800. The van der Waals surface area contributed by atoms with Gasteiger partial charge in [-0.3, -0.25) is 4.90 Å². The first-order chi connectivity index (χ1) is 8.09. The average molecular weight is 239 g/mol. The summed E-state index contributed by atoms with van der Waals surface area (Å²) in [6.45, 7) is 6.67. The van der Waals surface area contributed by atoms with E-state index in [1.165, 1.54) is 38.5 Å². The number of hydrogen-bond acceptors (Lipinski definition) is 2. The summed E-state index contributed by atoms with van der Waals surface area (Å²) in [5.74, 6) is 0.709. The molecule has 2 fully saturated rings. The maximum Gasteiger partial charge on any atom is 0.0774 e. The molecule has 0 aromatic heterocycles. The first-order valence-electron chi connectivity index (χ1n) is 7.55. The topological polar surface area (TPSA) is 23.5 Å². The third-order valence-electron chi connectivity index (χ3n) is 4.47. The molecule has 1 N–H and O–H groups in total. The number of hydrogen-bond donors (Lipinski definition) is 1. The molecule has 0 aliphatic heterocycles. The molecule has 2 heteroatoms. The van der Waals surface area contributed by atoms with Crippen molar-refractivity contribution < 1.29 is 5.11 Å². The van der Waals surface area contributed by atoms with Crippen molar-refractivity contribution >= 4 is 0 Å². The highest BCUT2D eigenvalue weighted by Crippen LogP contribution is 2.33. The van der Waals surface area contributed by atoms with Gasteiger partial charge in [-0.1, -0.05) is 39.5 Å². The van der Waals surface area contributed by atoms with Crippen LogP contribution in [0.25, 0.3) is 0 Å². The van der Waals surface area contributed by atoms with Gasteiger partial charge in [0.2, 0.25) is 0 Å². The Bertz CT molecular complexity index is 227. The molecular weight excluding hydrogens is 210 g/mol. The van der Waals surface area contributed by atoms with E-state index in [2.05, 4.69) is 18.7 Å². The normalized spacial score (nSPS) is 25.2. The third-order valence-corrected chi connectivity index (χ3v) is 4.47. The lowest BCUT2D eigenvalue weighted by molar-refractivity contribution is -0.00645. The minimum absolute atomic E-state index is 0.364. The Kier molecular flexibility index (Phi) is 4.48. The predicted octanol–water partition coefficient (Wildman–Crippen LogP) is 3.19. The van der Waals surface area contributed by atoms with Crippen LogP contribution < -0.4 is 0 Å². The predicted molar refractivity (Wildman–Crippen MR) is 72.1 cm³/mol. The number of aliphatic hydroxyl groups is 1. The van der Waals surface area contributed by atoms with E-state index in [-0.39, 0.29) is 5.60 Å². The molecule has 0 heterocycles. The van der Waals surface area contributed by atoms with Crippen molar-refractivity contribution in [1.29, 1.82) is 0 Å². The second-order valence-corrected chi connectivity index (χ2v) is 6.69. The fourth-order valence-corrected chi connectivity index (χ4v) is 3.65. The second-order valence-electron chi connectivity index (χ2n) is 6.69. The molecule has 0 bridgehead atoms. The fraction of sp³-hybridized carbons (Fsp3) is 1.00. The van der Waals surface area contributed by atoms with Crippen LogP contribution in [-0.2, 0) is 0 Å². The maximum absolute atomic E-state index is 10.6. The van der Waals surface area contributed by atoms with Gasteiger partial charge in [-0.15, -0.1) is 0 Å². The van der Waals surface area contributed by atoms with E-state index >= 15 is 0 Å². The molecule has 0 saturated heterocycles. The lowest BCUT2D eigenvalue weighted by atomic mass is 9.99. The summed E-state index contributed by atoms with van der Waals surface area (Å²) in [4.78, 5) is 2.60. The largest absolute Gasteiger partial charge is 0.389 e. The summed E-state index contributed by atoms with van der Waals surface area (Å²) >= 11 is 0. The Balaban J connectivity index is 1.94. The summed E-state index contributed by atoms with van der Waals surface area (Å²) in [6, 6.07) is 0.752. The fourth-order valence-electron chi connectivity index (χ4n) is 3.65. The van der Waals surface area contributed by atoms with Gasteiger partial charge >= 0.3 is 0 Å².